The van der Waals surface area contributed by atoms with Gasteiger partial charge in [-0.1, -0.05) is 53.8 Å². The Morgan fingerprint density at radius 1 is 1.04 bits per heavy atom. The number of nitrogens with zero attached hydrogens (tertiary/aromatic N) is 2. The molecule has 1 fully saturated rings. The second-order valence-electron chi connectivity index (χ2n) is 6.12. The van der Waals surface area contributed by atoms with Crippen LogP contribution < -0.4 is 9.80 Å². The molecular formula is C21H22N2OS2. The molecule has 2 aromatic rings. The summed E-state index contributed by atoms with van der Waals surface area (Å²) in [5, 5.41) is 0. The second kappa shape index (κ2) is 8.06. The summed E-state index contributed by atoms with van der Waals surface area (Å²) in [5.41, 5.74) is 4.17. The van der Waals surface area contributed by atoms with E-state index < -0.39 is 0 Å². The maximum Gasteiger partial charge on any atom is 0.270 e. The number of rotatable bonds is 5. The van der Waals surface area contributed by atoms with Gasteiger partial charge in [0, 0.05) is 18.8 Å². The lowest BCUT2D eigenvalue weighted by molar-refractivity contribution is -0.113. The molecule has 0 N–H and O–H groups in total. The van der Waals surface area contributed by atoms with E-state index in [1.165, 1.54) is 17.3 Å². The minimum atomic E-state index is -0.0591. The zero-order valence-electron chi connectivity index (χ0n) is 15.2. The minimum absolute atomic E-state index is 0.0591. The summed E-state index contributed by atoms with van der Waals surface area (Å²) in [5.74, 6) is -0.0591. The molecule has 0 aromatic heterocycles. The van der Waals surface area contributed by atoms with Crippen LogP contribution in [0, 0.1) is 6.92 Å². The van der Waals surface area contributed by atoms with Crippen LogP contribution in [0.15, 0.2) is 53.4 Å². The van der Waals surface area contributed by atoms with Gasteiger partial charge in [-0.05, 0) is 56.7 Å². The third kappa shape index (κ3) is 3.84. The van der Waals surface area contributed by atoms with E-state index in [2.05, 4.69) is 18.7 Å². The van der Waals surface area contributed by atoms with Gasteiger partial charge in [-0.15, -0.1) is 0 Å². The van der Waals surface area contributed by atoms with Gasteiger partial charge in [-0.3, -0.25) is 9.69 Å². The Morgan fingerprint density at radius 3 is 2.23 bits per heavy atom. The molecule has 0 unspecified atom stereocenters. The van der Waals surface area contributed by atoms with Crippen LogP contribution in [0.3, 0.4) is 0 Å². The monoisotopic (exact) mass is 382 g/mol. The summed E-state index contributed by atoms with van der Waals surface area (Å²) in [6, 6.07) is 16.1. The minimum Gasteiger partial charge on any atom is -0.372 e. The summed E-state index contributed by atoms with van der Waals surface area (Å²) in [6.07, 6.45) is 1.91. The van der Waals surface area contributed by atoms with Crippen LogP contribution >= 0.6 is 24.0 Å². The Kier molecular flexibility index (Phi) is 5.79. The average molecular weight is 383 g/mol. The first-order valence-electron chi connectivity index (χ1n) is 8.73. The van der Waals surface area contributed by atoms with Crippen molar-refractivity contribution in [2.75, 3.05) is 22.9 Å². The predicted octanol–water partition coefficient (Wildman–Crippen LogP) is 5.25. The summed E-state index contributed by atoms with van der Waals surface area (Å²) < 4.78 is 0.573. The number of amides is 1. The normalized spacial score (nSPS) is 15.8. The van der Waals surface area contributed by atoms with Crippen LogP contribution in [0.25, 0.3) is 6.08 Å². The number of thioether (sulfide) groups is 1. The number of aryl methyl sites for hydroxylation is 1. The Balaban J connectivity index is 1.84. The topological polar surface area (TPSA) is 23.6 Å². The zero-order chi connectivity index (χ0) is 18.7. The Labute approximate surface area is 164 Å². The number of anilines is 2. The summed E-state index contributed by atoms with van der Waals surface area (Å²) in [6.45, 7) is 8.22. The molecule has 0 radical (unpaired) electrons. The molecule has 5 heteroatoms. The van der Waals surface area contributed by atoms with Crippen LogP contribution in [0.5, 0.6) is 0 Å². The third-order valence-corrected chi connectivity index (χ3v) is 5.71. The molecule has 1 amide bonds. The third-order valence-electron chi connectivity index (χ3n) is 4.41. The average Bonchev–Trinajstić information content (AvgIpc) is 2.92. The number of thiocarbonyl (C=S) groups is 1. The van der Waals surface area contributed by atoms with Gasteiger partial charge in [0.05, 0.1) is 10.6 Å². The lowest BCUT2D eigenvalue weighted by atomic mass is 10.1. The smallest absolute Gasteiger partial charge is 0.270 e. The highest BCUT2D eigenvalue weighted by atomic mass is 32.2. The van der Waals surface area contributed by atoms with Crippen molar-refractivity contribution >= 4 is 51.7 Å². The fourth-order valence-corrected chi connectivity index (χ4v) is 4.20. The van der Waals surface area contributed by atoms with Crippen LogP contribution in [0.4, 0.5) is 11.4 Å². The number of carbonyl (C=O) groups is 1. The summed E-state index contributed by atoms with van der Waals surface area (Å²) >= 11 is 6.81. The molecule has 0 spiro atoms. The van der Waals surface area contributed by atoms with E-state index in [4.69, 9.17) is 12.2 Å². The SMILES string of the molecule is CCN(CC)c1ccc(N2C(=O)C(=Cc3ccc(C)cc3)SC2=S)cc1. The first-order valence-corrected chi connectivity index (χ1v) is 9.95. The molecule has 0 aliphatic carbocycles. The van der Waals surface area contributed by atoms with E-state index >= 15 is 0 Å². The molecule has 0 atom stereocenters. The van der Waals surface area contributed by atoms with Crippen molar-refractivity contribution in [3.8, 4) is 0 Å². The van der Waals surface area contributed by atoms with E-state index in [-0.39, 0.29) is 5.91 Å². The second-order valence-corrected chi connectivity index (χ2v) is 7.79. The molecule has 1 heterocycles. The Hall–Kier alpha value is -2.11. The molecule has 0 saturated carbocycles. The highest BCUT2D eigenvalue weighted by molar-refractivity contribution is 8.27. The van der Waals surface area contributed by atoms with Gasteiger partial charge in [0.1, 0.15) is 0 Å². The molecule has 26 heavy (non-hydrogen) atoms. The molecule has 0 bridgehead atoms. The quantitative estimate of drug-likeness (QED) is 0.521. The van der Waals surface area contributed by atoms with Gasteiger partial charge in [-0.25, -0.2) is 0 Å². The predicted molar refractivity (Wildman–Crippen MR) is 117 cm³/mol. The van der Waals surface area contributed by atoms with Crippen molar-refractivity contribution in [2.45, 2.75) is 20.8 Å². The molecule has 1 aliphatic rings. The number of carbonyl (C=O) groups excluding carboxylic acids is 1. The first-order chi connectivity index (χ1) is 12.5. The van der Waals surface area contributed by atoms with E-state index in [9.17, 15) is 4.79 Å². The fourth-order valence-electron chi connectivity index (χ4n) is 2.91. The van der Waals surface area contributed by atoms with Crippen molar-refractivity contribution in [2.24, 2.45) is 0 Å². The van der Waals surface area contributed by atoms with Crippen molar-refractivity contribution in [3.63, 3.8) is 0 Å². The van der Waals surface area contributed by atoms with Crippen molar-refractivity contribution < 1.29 is 4.79 Å². The largest absolute Gasteiger partial charge is 0.372 e. The van der Waals surface area contributed by atoms with Gasteiger partial charge in [0.15, 0.2) is 4.32 Å². The van der Waals surface area contributed by atoms with Gasteiger partial charge in [0.25, 0.3) is 5.91 Å². The molecule has 1 aliphatic heterocycles. The number of benzene rings is 2. The Morgan fingerprint density at radius 2 is 1.65 bits per heavy atom. The van der Waals surface area contributed by atoms with Crippen LogP contribution in [-0.2, 0) is 4.79 Å². The fraction of sp³-hybridized carbons (Fsp3) is 0.238. The Bertz CT molecular complexity index is 837. The van der Waals surface area contributed by atoms with Crippen LogP contribution in [0.1, 0.15) is 25.0 Å². The number of hydrogen-bond donors (Lipinski definition) is 0. The maximum absolute atomic E-state index is 12.9. The van der Waals surface area contributed by atoms with E-state index in [0.717, 1.165) is 30.0 Å². The van der Waals surface area contributed by atoms with Gasteiger partial charge >= 0.3 is 0 Å². The molecule has 2 aromatic carbocycles. The standard InChI is InChI=1S/C21H22N2OS2/c1-4-22(5-2)17-10-12-18(13-11-17)23-20(24)19(26-21(23)25)14-16-8-6-15(3)7-9-16/h6-14H,4-5H2,1-3H3. The highest BCUT2D eigenvalue weighted by Crippen LogP contribution is 2.36. The zero-order valence-corrected chi connectivity index (χ0v) is 16.9. The first kappa shape index (κ1) is 18.7. The summed E-state index contributed by atoms with van der Waals surface area (Å²) in [7, 11) is 0. The van der Waals surface area contributed by atoms with E-state index in [0.29, 0.717) is 9.23 Å². The molecule has 134 valence electrons. The van der Waals surface area contributed by atoms with Crippen LogP contribution in [0.2, 0.25) is 0 Å². The van der Waals surface area contributed by atoms with Crippen LogP contribution in [-0.4, -0.2) is 23.3 Å². The number of hydrogen-bond acceptors (Lipinski definition) is 4. The van der Waals surface area contributed by atoms with Crippen molar-refractivity contribution in [1.29, 1.82) is 0 Å². The van der Waals surface area contributed by atoms with Crippen molar-refractivity contribution in [3.05, 3.63) is 64.6 Å². The molecular weight excluding hydrogens is 360 g/mol. The highest BCUT2D eigenvalue weighted by Gasteiger charge is 2.33. The molecule has 3 rings (SSSR count). The van der Waals surface area contributed by atoms with E-state index in [1.807, 2.05) is 61.5 Å². The van der Waals surface area contributed by atoms with E-state index in [1.54, 1.807) is 4.90 Å². The van der Waals surface area contributed by atoms with Crippen molar-refractivity contribution in [1.82, 2.24) is 0 Å². The van der Waals surface area contributed by atoms with Gasteiger partial charge in [0.2, 0.25) is 0 Å². The molecule has 1 saturated heterocycles. The summed E-state index contributed by atoms with van der Waals surface area (Å²) in [4.78, 5) is 17.4. The molecule has 3 nitrogen and oxygen atoms in total. The lowest BCUT2D eigenvalue weighted by Crippen LogP contribution is -2.27. The lowest BCUT2D eigenvalue weighted by Gasteiger charge is -2.22. The maximum atomic E-state index is 12.9. The van der Waals surface area contributed by atoms with Gasteiger partial charge < -0.3 is 4.90 Å². The van der Waals surface area contributed by atoms with Gasteiger partial charge in [-0.2, -0.15) is 0 Å².